The van der Waals surface area contributed by atoms with E-state index in [1.54, 1.807) is 11.3 Å². The van der Waals surface area contributed by atoms with Crippen molar-refractivity contribution in [3.63, 3.8) is 0 Å². The van der Waals surface area contributed by atoms with E-state index >= 15 is 0 Å². The number of rotatable bonds is 3. The molecule has 1 saturated heterocycles. The molecule has 1 unspecified atom stereocenters. The van der Waals surface area contributed by atoms with Crippen LogP contribution in [-0.2, 0) is 0 Å². The van der Waals surface area contributed by atoms with E-state index in [9.17, 15) is 0 Å². The molecule has 2 rings (SSSR count). The lowest BCUT2D eigenvalue weighted by molar-refractivity contribution is 0.616. The van der Waals surface area contributed by atoms with Gasteiger partial charge in [-0.2, -0.15) is 0 Å². The second-order valence-corrected chi connectivity index (χ2v) is 5.81. The molecular weight excluding hydrogens is 248 g/mol. The first-order chi connectivity index (χ1) is 6.34. The highest BCUT2D eigenvalue weighted by molar-refractivity contribution is 9.11. The highest BCUT2D eigenvalue weighted by atomic mass is 79.9. The van der Waals surface area contributed by atoms with Gasteiger partial charge in [-0.25, -0.2) is 0 Å². The molecule has 1 aliphatic rings. The molecule has 1 aliphatic heterocycles. The van der Waals surface area contributed by atoms with Crippen LogP contribution in [0.5, 0.6) is 0 Å². The van der Waals surface area contributed by atoms with Crippen LogP contribution in [-0.4, -0.2) is 19.6 Å². The SMILES string of the molecule is Brc1ccc(NCC2CCNC2)s1. The van der Waals surface area contributed by atoms with Crippen molar-refractivity contribution in [1.82, 2.24) is 5.32 Å². The lowest BCUT2D eigenvalue weighted by atomic mass is 10.1. The summed E-state index contributed by atoms with van der Waals surface area (Å²) >= 11 is 5.21. The van der Waals surface area contributed by atoms with Crippen molar-refractivity contribution in [3.05, 3.63) is 15.9 Å². The Hall–Kier alpha value is -0.0600. The summed E-state index contributed by atoms with van der Waals surface area (Å²) in [6, 6.07) is 4.21. The minimum Gasteiger partial charge on any atom is -0.377 e. The molecule has 0 aliphatic carbocycles. The number of anilines is 1. The Bertz CT molecular complexity index is 268. The Labute approximate surface area is 90.9 Å². The maximum atomic E-state index is 3.46. The van der Waals surface area contributed by atoms with Crippen LogP contribution in [0, 0.1) is 5.92 Å². The van der Waals surface area contributed by atoms with Gasteiger partial charge in [0.15, 0.2) is 0 Å². The van der Waals surface area contributed by atoms with Crippen LogP contribution in [0.2, 0.25) is 0 Å². The first-order valence-corrected chi connectivity index (χ1v) is 6.15. The Balaban J connectivity index is 1.78. The highest BCUT2D eigenvalue weighted by Crippen LogP contribution is 2.26. The van der Waals surface area contributed by atoms with E-state index in [1.807, 2.05) is 0 Å². The summed E-state index contributed by atoms with van der Waals surface area (Å²) in [6.07, 6.45) is 1.31. The molecule has 1 aromatic heterocycles. The topological polar surface area (TPSA) is 24.1 Å². The Kier molecular flexibility index (Phi) is 3.24. The molecule has 72 valence electrons. The van der Waals surface area contributed by atoms with E-state index in [1.165, 1.54) is 28.3 Å². The highest BCUT2D eigenvalue weighted by Gasteiger charge is 2.13. The van der Waals surface area contributed by atoms with Crippen molar-refractivity contribution in [2.75, 3.05) is 25.0 Å². The summed E-state index contributed by atoms with van der Waals surface area (Å²) in [7, 11) is 0. The van der Waals surface area contributed by atoms with Gasteiger partial charge in [0.1, 0.15) is 0 Å². The van der Waals surface area contributed by atoms with E-state index in [2.05, 4.69) is 38.7 Å². The molecule has 0 spiro atoms. The monoisotopic (exact) mass is 260 g/mol. The predicted molar refractivity (Wildman–Crippen MR) is 61.5 cm³/mol. The fraction of sp³-hybridized carbons (Fsp3) is 0.556. The van der Waals surface area contributed by atoms with Crippen molar-refractivity contribution < 1.29 is 0 Å². The third-order valence-electron chi connectivity index (χ3n) is 2.30. The van der Waals surface area contributed by atoms with Crippen molar-refractivity contribution in [2.24, 2.45) is 5.92 Å². The van der Waals surface area contributed by atoms with Gasteiger partial charge in [0.2, 0.25) is 0 Å². The first kappa shape index (κ1) is 9.49. The minimum atomic E-state index is 0.806. The number of thiophene rings is 1. The fourth-order valence-corrected chi connectivity index (χ4v) is 2.84. The number of hydrogen-bond acceptors (Lipinski definition) is 3. The van der Waals surface area contributed by atoms with Crippen LogP contribution in [0.15, 0.2) is 15.9 Å². The van der Waals surface area contributed by atoms with Gasteiger partial charge in [-0.1, -0.05) is 0 Å². The third-order valence-corrected chi connectivity index (χ3v) is 3.88. The third kappa shape index (κ3) is 2.69. The van der Waals surface area contributed by atoms with Gasteiger partial charge in [-0.05, 0) is 53.5 Å². The summed E-state index contributed by atoms with van der Waals surface area (Å²) in [5, 5.41) is 8.09. The molecule has 4 heteroatoms. The van der Waals surface area contributed by atoms with Crippen molar-refractivity contribution >= 4 is 32.3 Å². The molecule has 0 saturated carbocycles. The number of halogens is 1. The quantitative estimate of drug-likeness (QED) is 0.873. The minimum absolute atomic E-state index is 0.806. The molecule has 1 aromatic rings. The predicted octanol–water partition coefficient (Wildman–Crippen LogP) is 2.53. The molecule has 2 nitrogen and oxygen atoms in total. The molecule has 0 radical (unpaired) electrons. The molecular formula is C9H13BrN2S. The average molecular weight is 261 g/mol. The molecule has 2 N–H and O–H groups in total. The van der Waals surface area contributed by atoms with Gasteiger partial charge in [0.05, 0.1) is 8.79 Å². The van der Waals surface area contributed by atoms with E-state index in [0.717, 1.165) is 12.5 Å². The molecule has 0 aromatic carbocycles. The second kappa shape index (κ2) is 4.44. The average Bonchev–Trinajstić information content (AvgIpc) is 2.71. The lowest BCUT2D eigenvalue weighted by Gasteiger charge is -2.08. The van der Waals surface area contributed by atoms with Gasteiger partial charge in [-0.15, -0.1) is 11.3 Å². The largest absolute Gasteiger partial charge is 0.377 e. The Morgan fingerprint density at radius 1 is 1.62 bits per heavy atom. The van der Waals surface area contributed by atoms with Crippen LogP contribution in [0.25, 0.3) is 0 Å². The molecule has 1 atom stereocenters. The molecule has 0 bridgehead atoms. The summed E-state index contributed by atoms with van der Waals surface area (Å²) < 4.78 is 1.19. The van der Waals surface area contributed by atoms with E-state index < -0.39 is 0 Å². The standard InChI is InChI=1S/C9H13BrN2S/c10-8-1-2-9(13-8)12-6-7-3-4-11-5-7/h1-2,7,11-12H,3-6H2. The van der Waals surface area contributed by atoms with Crippen molar-refractivity contribution in [1.29, 1.82) is 0 Å². The zero-order chi connectivity index (χ0) is 9.10. The van der Waals surface area contributed by atoms with Gasteiger partial charge < -0.3 is 10.6 Å². The van der Waals surface area contributed by atoms with Crippen LogP contribution < -0.4 is 10.6 Å². The lowest BCUT2D eigenvalue weighted by Crippen LogP contribution is -2.16. The molecule has 1 fully saturated rings. The zero-order valence-electron chi connectivity index (χ0n) is 7.35. The van der Waals surface area contributed by atoms with Crippen LogP contribution in [0.4, 0.5) is 5.00 Å². The van der Waals surface area contributed by atoms with Gasteiger partial charge in [-0.3, -0.25) is 0 Å². The van der Waals surface area contributed by atoms with Crippen LogP contribution in [0.3, 0.4) is 0 Å². The van der Waals surface area contributed by atoms with E-state index in [4.69, 9.17) is 0 Å². The summed E-state index contributed by atoms with van der Waals surface area (Å²) in [4.78, 5) is 0. The van der Waals surface area contributed by atoms with E-state index in [0.29, 0.717) is 0 Å². The Morgan fingerprint density at radius 2 is 2.54 bits per heavy atom. The summed E-state index contributed by atoms with van der Waals surface area (Å²) in [5.74, 6) is 0.806. The zero-order valence-corrected chi connectivity index (χ0v) is 9.75. The van der Waals surface area contributed by atoms with Gasteiger partial charge >= 0.3 is 0 Å². The van der Waals surface area contributed by atoms with Crippen molar-refractivity contribution in [2.45, 2.75) is 6.42 Å². The van der Waals surface area contributed by atoms with Gasteiger partial charge in [0.25, 0.3) is 0 Å². The summed E-state index contributed by atoms with van der Waals surface area (Å²) in [5.41, 5.74) is 0. The van der Waals surface area contributed by atoms with E-state index in [-0.39, 0.29) is 0 Å². The maximum Gasteiger partial charge on any atom is 0.0894 e. The smallest absolute Gasteiger partial charge is 0.0894 e. The first-order valence-electron chi connectivity index (χ1n) is 4.54. The Morgan fingerprint density at radius 3 is 3.15 bits per heavy atom. The molecule has 13 heavy (non-hydrogen) atoms. The molecule has 0 amide bonds. The number of hydrogen-bond donors (Lipinski definition) is 2. The summed E-state index contributed by atoms with van der Waals surface area (Å²) in [6.45, 7) is 3.44. The van der Waals surface area contributed by atoms with Gasteiger partial charge in [0, 0.05) is 6.54 Å². The fourth-order valence-electron chi connectivity index (χ4n) is 1.54. The second-order valence-electron chi connectivity index (χ2n) is 3.34. The van der Waals surface area contributed by atoms with Crippen LogP contribution >= 0.6 is 27.3 Å². The van der Waals surface area contributed by atoms with Crippen molar-refractivity contribution in [3.8, 4) is 0 Å². The number of nitrogens with one attached hydrogen (secondary N) is 2. The van der Waals surface area contributed by atoms with Crippen LogP contribution in [0.1, 0.15) is 6.42 Å². The maximum absolute atomic E-state index is 3.46. The molecule has 2 heterocycles. The normalized spacial score (nSPS) is 22.1.